The van der Waals surface area contributed by atoms with E-state index in [0.717, 1.165) is 0 Å². The van der Waals surface area contributed by atoms with E-state index in [-0.39, 0.29) is 17.3 Å². The highest BCUT2D eigenvalue weighted by molar-refractivity contribution is 6.04. The molecule has 1 aliphatic rings. The fourth-order valence-electron chi connectivity index (χ4n) is 3.95. The van der Waals surface area contributed by atoms with Gasteiger partial charge in [0.2, 0.25) is 0 Å². The molecule has 2 N–H and O–H groups in total. The number of nitrogens with one attached hydrogen (secondary N) is 2. The van der Waals surface area contributed by atoms with E-state index in [4.69, 9.17) is 4.74 Å². The third-order valence-electron chi connectivity index (χ3n) is 5.80. The van der Waals surface area contributed by atoms with Gasteiger partial charge in [0.1, 0.15) is 0 Å². The summed E-state index contributed by atoms with van der Waals surface area (Å²) < 4.78 is 83.6. The molecule has 0 bridgehead atoms. The average molecular weight is 543 g/mol. The summed E-state index contributed by atoms with van der Waals surface area (Å²) in [7, 11) is 1.19. The molecule has 7 nitrogen and oxygen atoms in total. The first-order chi connectivity index (χ1) is 17.7. The fourth-order valence-corrected chi connectivity index (χ4v) is 3.95. The van der Waals surface area contributed by atoms with Crippen molar-refractivity contribution < 1.29 is 45.5 Å². The quantitative estimate of drug-likeness (QED) is 0.351. The fraction of sp³-hybridized carbons (Fsp3) is 0.320. The van der Waals surface area contributed by atoms with Gasteiger partial charge in [0.05, 0.1) is 29.9 Å². The smallest absolute Gasteiger partial charge is 0.416 e. The summed E-state index contributed by atoms with van der Waals surface area (Å²) in [6.45, 7) is 3.83. The maximum Gasteiger partial charge on any atom is 0.416 e. The van der Waals surface area contributed by atoms with Crippen LogP contribution >= 0.6 is 0 Å². The second-order valence-corrected chi connectivity index (χ2v) is 8.40. The maximum absolute atomic E-state index is 13.1. The molecule has 2 aromatic carbocycles. The number of ether oxygens (including phenoxy) is 1. The second-order valence-electron chi connectivity index (χ2n) is 8.40. The summed E-state index contributed by atoms with van der Waals surface area (Å²) in [5.41, 5.74) is -3.01. The summed E-state index contributed by atoms with van der Waals surface area (Å²) >= 11 is 0. The third-order valence-corrected chi connectivity index (χ3v) is 5.80. The molecule has 1 atom stereocenters. The molecule has 1 heterocycles. The number of halogens is 6. The number of carbonyl (C=O) groups excluding carboxylic acids is 3. The molecule has 0 radical (unpaired) electrons. The third kappa shape index (κ3) is 6.09. The maximum atomic E-state index is 13.1. The molecule has 1 unspecified atom stereocenters. The Hall–Kier alpha value is -4.03. The number of nitrogens with zero attached hydrogens (tertiary/aromatic N) is 1. The molecule has 1 aliphatic heterocycles. The molecule has 0 saturated heterocycles. The lowest BCUT2D eigenvalue weighted by Gasteiger charge is -2.35. The number of hydrogen-bond donors (Lipinski definition) is 2. The number of anilines is 1. The van der Waals surface area contributed by atoms with Crippen LogP contribution in [0.1, 0.15) is 53.4 Å². The van der Waals surface area contributed by atoms with Crippen LogP contribution in [0.4, 0.5) is 36.8 Å². The van der Waals surface area contributed by atoms with Gasteiger partial charge in [-0.05, 0) is 49.2 Å². The standard InChI is InChI=1S/C25H23F6N3O4/c1-4-9-34-13(2)19(22(36)38-3)20(33-23(34)37)14-5-7-18(8-6-14)32-21(35)15-10-16(24(26,27)28)12-17(11-15)25(29,30)31/h5-8,10-12,20H,4,9H2,1-3H3,(H,32,35)(H,33,37). The van der Waals surface area contributed by atoms with Crippen LogP contribution < -0.4 is 10.6 Å². The first-order valence-electron chi connectivity index (χ1n) is 11.2. The van der Waals surface area contributed by atoms with E-state index < -0.39 is 53.0 Å². The van der Waals surface area contributed by atoms with Crippen molar-refractivity contribution in [2.75, 3.05) is 19.0 Å². The van der Waals surface area contributed by atoms with Crippen LogP contribution in [0.15, 0.2) is 53.7 Å². The SMILES string of the molecule is CCCN1C(=O)NC(c2ccc(NC(=O)c3cc(C(F)(F)F)cc(C(F)(F)F)c3)cc2)C(C(=O)OC)=C1C. The van der Waals surface area contributed by atoms with Crippen molar-refractivity contribution in [1.29, 1.82) is 0 Å². The van der Waals surface area contributed by atoms with Gasteiger partial charge in [-0.3, -0.25) is 9.69 Å². The zero-order valence-corrected chi connectivity index (χ0v) is 20.4. The van der Waals surface area contributed by atoms with E-state index >= 15 is 0 Å². The molecule has 0 aromatic heterocycles. The van der Waals surface area contributed by atoms with Gasteiger partial charge >= 0.3 is 24.4 Å². The first kappa shape index (κ1) is 28.5. The van der Waals surface area contributed by atoms with Gasteiger partial charge in [-0.15, -0.1) is 0 Å². The van der Waals surface area contributed by atoms with E-state index in [2.05, 4.69) is 10.6 Å². The molecule has 3 rings (SSSR count). The largest absolute Gasteiger partial charge is 0.466 e. The zero-order chi connectivity index (χ0) is 28.4. The zero-order valence-electron chi connectivity index (χ0n) is 20.4. The summed E-state index contributed by atoms with van der Waals surface area (Å²) in [5.74, 6) is -1.86. The number of urea groups is 1. The Morgan fingerprint density at radius 1 is 1.00 bits per heavy atom. The molecular weight excluding hydrogens is 520 g/mol. The van der Waals surface area contributed by atoms with Crippen molar-refractivity contribution in [2.45, 2.75) is 38.7 Å². The number of methoxy groups -OCH3 is 1. The van der Waals surface area contributed by atoms with Gasteiger partial charge in [0, 0.05) is 23.5 Å². The van der Waals surface area contributed by atoms with Gasteiger partial charge in [-0.25, -0.2) is 9.59 Å². The van der Waals surface area contributed by atoms with E-state index in [0.29, 0.717) is 36.4 Å². The number of rotatable bonds is 6. The highest BCUT2D eigenvalue weighted by Gasteiger charge is 2.38. The minimum absolute atomic E-state index is 0.0554. The predicted octanol–water partition coefficient (Wildman–Crippen LogP) is 5.90. The molecule has 38 heavy (non-hydrogen) atoms. The predicted molar refractivity (Wildman–Crippen MR) is 124 cm³/mol. The molecule has 0 fully saturated rings. The van der Waals surface area contributed by atoms with Gasteiger partial charge in [-0.2, -0.15) is 26.3 Å². The Kier molecular flexibility index (Phi) is 8.08. The van der Waals surface area contributed by atoms with Crippen LogP contribution in [0, 0.1) is 0 Å². The average Bonchev–Trinajstić information content (AvgIpc) is 2.85. The summed E-state index contributed by atoms with van der Waals surface area (Å²) in [4.78, 5) is 39.1. The number of esters is 1. The summed E-state index contributed by atoms with van der Waals surface area (Å²) in [5, 5.41) is 4.98. The molecule has 13 heteroatoms. The highest BCUT2D eigenvalue weighted by atomic mass is 19.4. The number of amides is 3. The van der Waals surface area contributed by atoms with Crippen LogP contribution in [0.2, 0.25) is 0 Å². The Bertz CT molecular complexity index is 1240. The van der Waals surface area contributed by atoms with Crippen molar-refractivity contribution in [1.82, 2.24) is 10.2 Å². The Labute approximate surface area is 213 Å². The molecule has 0 aliphatic carbocycles. The van der Waals surface area contributed by atoms with Crippen LogP contribution in [-0.4, -0.2) is 36.5 Å². The number of benzene rings is 2. The van der Waals surface area contributed by atoms with Gasteiger partial charge in [0.15, 0.2) is 0 Å². The minimum Gasteiger partial charge on any atom is -0.466 e. The van der Waals surface area contributed by atoms with Crippen LogP contribution in [0.5, 0.6) is 0 Å². The second kappa shape index (κ2) is 10.8. The van der Waals surface area contributed by atoms with Crippen LogP contribution in [-0.2, 0) is 21.9 Å². The molecule has 204 valence electrons. The van der Waals surface area contributed by atoms with E-state index in [1.165, 1.54) is 36.3 Å². The van der Waals surface area contributed by atoms with Gasteiger partial charge < -0.3 is 15.4 Å². The molecule has 3 amide bonds. The van der Waals surface area contributed by atoms with Crippen molar-refractivity contribution in [3.05, 3.63) is 76.0 Å². The lowest BCUT2D eigenvalue weighted by Crippen LogP contribution is -2.48. The topological polar surface area (TPSA) is 87.7 Å². The molecular formula is C25H23F6N3O4. The Balaban J connectivity index is 1.90. The number of alkyl halides is 6. The minimum atomic E-state index is -5.10. The lowest BCUT2D eigenvalue weighted by molar-refractivity contribution is -0.143. The molecule has 0 saturated carbocycles. The van der Waals surface area contributed by atoms with Gasteiger partial charge in [0.25, 0.3) is 5.91 Å². The van der Waals surface area contributed by atoms with Crippen LogP contribution in [0.25, 0.3) is 0 Å². The van der Waals surface area contributed by atoms with E-state index in [1.807, 2.05) is 6.92 Å². The van der Waals surface area contributed by atoms with Crippen molar-refractivity contribution >= 4 is 23.6 Å². The number of allylic oxidation sites excluding steroid dienone is 1. The Morgan fingerprint density at radius 3 is 2.03 bits per heavy atom. The Morgan fingerprint density at radius 2 is 1.55 bits per heavy atom. The number of hydrogen-bond acceptors (Lipinski definition) is 4. The monoisotopic (exact) mass is 543 g/mol. The van der Waals surface area contributed by atoms with Crippen LogP contribution in [0.3, 0.4) is 0 Å². The normalized spacial score (nSPS) is 16.3. The summed E-state index contributed by atoms with van der Waals surface area (Å²) in [6, 6.07) is 4.80. The van der Waals surface area contributed by atoms with Crippen molar-refractivity contribution in [3.8, 4) is 0 Å². The molecule has 2 aromatic rings. The van der Waals surface area contributed by atoms with Crippen molar-refractivity contribution in [3.63, 3.8) is 0 Å². The first-order valence-corrected chi connectivity index (χ1v) is 11.2. The lowest BCUT2D eigenvalue weighted by atomic mass is 9.94. The number of carbonyl (C=O) groups is 3. The van der Waals surface area contributed by atoms with Crippen molar-refractivity contribution in [2.24, 2.45) is 0 Å². The molecule has 0 spiro atoms. The van der Waals surface area contributed by atoms with Gasteiger partial charge in [-0.1, -0.05) is 19.1 Å². The van der Waals surface area contributed by atoms with E-state index in [9.17, 15) is 40.7 Å². The summed E-state index contributed by atoms with van der Waals surface area (Å²) in [6.07, 6.45) is -9.56. The highest BCUT2D eigenvalue weighted by Crippen LogP contribution is 2.37. The van der Waals surface area contributed by atoms with E-state index in [1.54, 1.807) is 6.92 Å².